The minimum atomic E-state index is -1.36. The number of halogens is 1. The van der Waals surface area contributed by atoms with Gasteiger partial charge in [-0.3, -0.25) is 0 Å². The topological polar surface area (TPSA) is 69.9 Å². The Morgan fingerprint density at radius 3 is 2.45 bits per heavy atom. The highest BCUT2D eigenvalue weighted by Crippen LogP contribution is 2.18. The van der Waals surface area contributed by atoms with Crippen molar-refractivity contribution in [1.29, 1.82) is 0 Å². The van der Waals surface area contributed by atoms with Crippen LogP contribution < -0.4 is 0 Å². The normalized spacial score (nSPS) is 45.8. The van der Waals surface area contributed by atoms with Crippen LogP contribution in [0.1, 0.15) is 0 Å². The zero-order valence-corrected chi connectivity index (χ0v) is 5.72. The lowest BCUT2D eigenvalue weighted by Crippen LogP contribution is -2.51. The highest BCUT2D eigenvalue weighted by Gasteiger charge is 2.37. The van der Waals surface area contributed by atoms with E-state index in [1.54, 1.807) is 0 Å². The molecule has 1 aliphatic rings. The van der Waals surface area contributed by atoms with Gasteiger partial charge in [-0.25, -0.2) is 4.39 Å². The third kappa shape index (κ3) is 1.67. The zero-order chi connectivity index (χ0) is 8.43. The molecule has 0 aromatic rings. The molecule has 65 valence electrons. The molecule has 0 amide bonds. The molecule has 1 aliphatic heterocycles. The van der Waals surface area contributed by atoms with E-state index in [-0.39, 0.29) is 0 Å². The van der Waals surface area contributed by atoms with Gasteiger partial charge in [0, 0.05) is 0 Å². The van der Waals surface area contributed by atoms with E-state index >= 15 is 0 Å². The molecule has 0 saturated carbocycles. The van der Waals surface area contributed by atoms with Crippen LogP contribution in [0.25, 0.3) is 0 Å². The summed E-state index contributed by atoms with van der Waals surface area (Å²) in [4.78, 5) is 0. The molecule has 11 heavy (non-hydrogen) atoms. The molecule has 5 heteroatoms. The quantitative estimate of drug-likeness (QED) is 0.447. The lowest BCUT2D eigenvalue weighted by atomic mass is 10.0. The van der Waals surface area contributed by atoms with Crippen molar-refractivity contribution in [3.8, 4) is 0 Å². The first-order valence-electron chi connectivity index (χ1n) is 3.25. The highest BCUT2D eigenvalue weighted by atomic mass is 19.1. The molecule has 4 atom stereocenters. The maximum atomic E-state index is 11.9. The van der Waals surface area contributed by atoms with E-state index in [2.05, 4.69) is 4.74 Å². The van der Waals surface area contributed by atoms with Gasteiger partial charge in [0.05, 0.1) is 0 Å². The first-order chi connectivity index (χ1) is 5.16. The Bertz CT molecular complexity index is 130. The molecule has 1 saturated heterocycles. The molecule has 0 aromatic heterocycles. The molecule has 0 aromatic carbocycles. The summed E-state index contributed by atoms with van der Waals surface area (Å²) in [6, 6.07) is 0. The summed E-state index contributed by atoms with van der Waals surface area (Å²) >= 11 is 0. The fraction of sp³-hybridized carbons (Fsp3) is 0.833. The van der Waals surface area contributed by atoms with Gasteiger partial charge in [0.25, 0.3) is 0 Å². The Balaban J connectivity index is 2.52. The van der Waals surface area contributed by atoms with E-state index in [4.69, 9.17) is 15.3 Å². The Morgan fingerprint density at radius 2 is 1.91 bits per heavy atom. The Hall–Kier alpha value is -0.230. The van der Waals surface area contributed by atoms with E-state index in [1.807, 2.05) is 0 Å². The molecule has 1 rings (SSSR count). The SMILES string of the molecule is O[C@H]1[C@H](O)[C@@H](CF)O[CH][C@@H]1O. The predicted molar refractivity (Wildman–Crippen MR) is 33.2 cm³/mol. The highest BCUT2D eigenvalue weighted by molar-refractivity contribution is 4.91. The predicted octanol–water partition coefficient (Wildman–Crippen LogP) is -1.40. The van der Waals surface area contributed by atoms with Gasteiger partial charge in [0.2, 0.25) is 0 Å². The Morgan fingerprint density at radius 1 is 1.27 bits per heavy atom. The van der Waals surface area contributed by atoms with Crippen LogP contribution >= 0.6 is 0 Å². The van der Waals surface area contributed by atoms with Gasteiger partial charge >= 0.3 is 0 Å². The molecule has 1 radical (unpaired) electrons. The van der Waals surface area contributed by atoms with Gasteiger partial charge in [-0.1, -0.05) is 0 Å². The van der Waals surface area contributed by atoms with Crippen LogP contribution in [0, 0.1) is 6.61 Å². The number of alkyl halides is 1. The van der Waals surface area contributed by atoms with Gasteiger partial charge in [0.15, 0.2) is 0 Å². The average molecular weight is 165 g/mol. The monoisotopic (exact) mass is 165 g/mol. The summed E-state index contributed by atoms with van der Waals surface area (Å²) in [5.74, 6) is 0. The molecule has 0 spiro atoms. The largest absolute Gasteiger partial charge is 0.387 e. The van der Waals surface area contributed by atoms with E-state index in [9.17, 15) is 4.39 Å². The lowest BCUT2D eigenvalue weighted by molar-refractivity contribution is -0.164. The van der Waals surface area contributed by atoms with Crippen molar-refractivity contribution in [2.75, 3.05) is 6.67 Å². The minimum absolute atomic E-state index is 0.887. The van der Waals surface area contributed by atoms with Crippen molar-refractivity contribution < 1.29 is 24.4 Å². The molecule has 1 fully saturated rings. The Labute approximate surface area is 63.2 Å². The average Bonchev–Trinajstić information content (AvgIpc) is 2.01. The summed E-state index contributed by atoms with van der Waals surface area (Å²) in [7, 11) is 0. The second-order valence-corrected chi connectivity index (χ2v) is 2.44. The summed E-state index contributed by atoms with van der Waals surface area (Å²) in [6.45, 7) is 0.0308. The first-order valence-corrected chi connectivity index (χ1v) is 3.25. The number of aliphatic hydroxyl groups is 3. The van der Waals surface area contributed by atoms with Crippen LogP contribution in [0.4, 0.5) is 4.39 Å². The van der Waals surface area contributed by atoms with Crippen LogP contribution in [-0.4, -0.2) is 46.4 Å². The summed E-state index contributed by atoms with van der Waals surface area (Å²) < 4.78 is 16.5. The summed E-state index contributed by atoms with van der Waals surface area (Å²) in [5, 5.41) is 26.8. The van der Waals surface area contributed by atoms with Crippen LogP contribution in [-0.2, 0) is 4.74 Å². The molecular formula is C6H10FO4. The van der Waals surface area contributed by atoms with Crippen LogP contribution in [0.3, 0.4) is 0 Å². The van der Waals surface area contributed by atoms with Gasteiger partial charge < -0.3 is 20.1 Å². The molecule has 0 aliphatic carbocycles. The molecule has 0 bridgehead atoms. The van der Waals surface area contributed by atoms with E-state index in [0.29, 0.717) is 0 Å². The van der Waals surface area contributed by atoms with Crippen LogP contribution in [0.5, 0.6) is 0 Å². The number of rotatable bonds is 1. The second kappa shape index (κ2) is 3.44. The van der Waals surface area contributed by atoms with E-state index in [1.165, 1.54) is 0 Å². The minimum Gasteiger partial charge on any atom is -0.387 e. The van der Waals surface area contributed by atoms with Crippen LogP contribution in [0.15, 0.2) is 0 Å². The Kier molecular flexibility index (Phi) is 2.78. The van der Waals surface area contributed by atoms with Gasteiger partial charge in [-0.15, -0.1) is 0 Å². The van der Waals surface area contributed by atoms with E-state index < -0.39 is 31.1 Å². The van der Waals surface area contributed by atoms with Crippen molar-refractivity contribution in [3.05, 3.63) is 6.61 Å². The maximum Gasteiger partial charge on any atom is 0.118 e. The van der Waals surface area contributed by atoms with Crippen molar-refractivity contribution >= 4 is 0 Å². The standard InChI is InChI=1S/C6H10FO4/c7-1-4-6(10)5(9)3(8)2-11-4/h2-6,8-10H,1H2/t3-,4+,5+,6+/m0/s1. The van der Waals surface area contributed by atoms with Gasteiger partial charge in [-0.2, -0.15) is 0 Å². The first kappa shape index (κ1) is 8.86. The third-order valence-corrected chi connectivity index (χ3v) is 1.63. The molecule has 3 N–H and O–H groups in total. The number of ether oxygens (including phenoxy) is 1. The third-order valence-electron chi connectivity index (χ3n) is 1.63. The fourth-order valence-electron chi connectivity index (χ4n) is 0.892. The summed E-state index contributed by atoms with van der Waals surface area (Å²) in [6.07, 6.45) is -5.02. The zero-order valence-electron chi connectivity index (χ0n) is 5.72. The van der Waals surface area contributed by atoms with E-state index in [0.717, 1.165) is 6.61 Å². The van der Waals surface area contributed by atoms with Crippen LogP contribution in [0.2, 0.25) is 0 Å². The summed E-state index contributed by atoms with van der Waals surface area (Å²) in [5.41, 5.74) is 0. The van der Waals surface area contributed by atoms with Gasteiger partial charge in [0.1, 0.15) is 37.7 Å². The van der Waals surface area contributed by atoms with Crippen molar-refractivity contribution in [3.63, 3.8) is 0 Å². The van der Waals surface area contributed by atoms with Crippen molar-refractivity contribution in [1.82, 2.24) is 0 Å². The molecule has 1 heterocycles. The number of hydrogen-bond acceptors (Lipinski definition) is 4. The van der Waals surface area contributed by atoms with Crippen molar-refractivity contribution in [2.24, 2.45) is 0 Å². The van der Waals surface area contributed by atoms with Crippen molar-refractivity contribution in [2.45, 2.75) is 24.4 Å². The lowest BCUT2D eigenvalue weighted by Gasteiger charge is -2.33. The molecule has 4 nitrogen and oxygen atoms in total. The molecule has 0 unspecified atom stereocenters. The number of aliphatic hydroxyl groups excluding tert-OH is 3. The fourth-order valence-corrected chi connectivity index (χ4v) is 0.892. The second-order valence-electron chi connectivity index (χ2n) is 2.44. The van der Waals surface area contributed by atoms with Gasteiger partial charge in [-0.05, 0) is 0 Å². The smallest absolute Gasteiger partial charge is 0.118 e. The number of hydrogen-bond donors (Lipinski definition) is 3. The maximum absolute atomic E-state index is 11.9. The molecular weight excluding hydrogens is 155 g/mol.